The van der Waals surface area contributed by atoms with E-state index < -0.39 is 5.97 Å². The SMILES string of the molecule is COC(=O)c1ccc(OC[C@@H]2C=CCN2C(=O)Cc2ccc3nc(Nc4ccccc4C)oc3c2)cc1. The topological polar surface area (TPSA) is 93.9 Å². The van der Waals surface area contributed by atoms with Crippen LogP contribution in [0.15, 0.2) is 83.3 Å². The highest BCUT2D eigenvalue weighted by atomic mass is 16.5. The summed E-state index contributed by atoms with van der Waals surface area (Å²) in [6, 6.07) is 20.5. The summed E-state index contributed by atoms with van der Waals surface area (Å²) < 4.78 is 16.5. The van der Waals surface area contributed by atoms with Gasteiger partial charge in [-0.15, -0.1) is 0 Å². The fraction of sp³-hybridized carbons (Fsp3) is 0.207. The molecule has 1 N–H and O–H groups in total. The average Bonchev–Trinajstić information content (AvgIpc) is 3.55. The molecule has 1 atom stereocenters. The van der Waals surface area contributed by atoms with Gasteiger partial charge in [-0.05, 0) is 60.5 Å². The van der Waals surface area contributed by atoms with E-state index in [4.69, 9.17) is 13.9 Å². The Morgan fingerprint density at radius 3 is 2.70 bits per heavy atom. The van der Waals surface area contributed by atoms with Crippen molar-refractivity contribution in [1.82, 2.24) is 9.88 Å². The molecule has 0 aliphatic carbocycles. The number of aromatic nitrogens is 1. The van der Waals surface area contributed by atoms with Gasteiger partial charge in [0.2, 0.25) is 5.91 Å². The van der Waals surface area contributed by atoms with Crippen LogP contribution in [0.5, 0.6) is 5.75 Å². The van der Waals surface area contributed by atoms with Gasteiger partial charge in [-0.3, -0.25) is 4.79 Å². The van der Waals surface area contributed by atoms with Gasteiger partial charge >= 0.3 is 5.97 Å². The zero-order chi connectivity index (χ0) is 25.8. The number of carbonyl (C=O) groups excluding carboxylic acids is 2. The smallest absolute Gasteiger partial charge is 0.337 e. The molecule has 0 radical (unpaired) electrons. The number of oxazole rings is 1. The number of nitrogens with zero attached hydrogens (tertiary/aromatic N) is 2. The Morgan fingerprint density at radius 2 is 1.92 bits per heavy atom. The molecule has 8 heteroatoms. The number of rotatable bonds is 8. The van der Waals surface area contributed by atoms with Crippen LogP contribution in [0.4, 0.5) is 11.7 Å². The van der Waals surface area contributed by atoms with E-state index in [0.717, 1.165) is 22.3 Å². The van der Waals surface area contributed by atoms with Crippen LogP contribution < -0.4 is 10.1 Å². The summed E-state index contributed by atoms with van der Waals surface area (Å²) in [5.41, 5.74) is 4.66. The molecule has 8 nitrogen and oxygen atoms in total. The molecule has 4 aromatic rings. The molecule has 0 bridgehead atoms. The van der Waals surface area contributed by atoms with Crippen molar-refractivity contribution in [2.45, 2.75) is 19.4 Å². The van der Waals surface area contributed by atoms with Gasteiger partial charge < -0.3 is 24.1 Å². The number of esters is 1. The van der Waals surface area contributed by atoms with E-state index in [-0.39, 0.29) is 18.4 Å². The van der Waals surface area contributed by atoms with Crippen LogP contribution in [0.25, 0.3) is 11.1 Å². The van der Waals surface area contributed by atoms with Gasteiger partial charge in [-0.25, -0.2) is 4.79 Å². The molecule has 5 rings (SSSR count). The van der Waals surface area contributed by atoms with Crippen LogP contribution in [-0.2, 0) is 16.0 Å². The predicted molar refractivity (Wildman–Crippen MR) is 140 cm³/mol. The highest BCUT2D eigenvalue weighted by Gasteiger charge is 2.25. The quantitative estimate of drug-likeness (QED) is 0.269. The first-order valence-electron chi connectivity index (χ1n) is 12.0. The second-order valence-corrected chi connectivity index (χ2v) is 8.81. The molecule has 0 saturated carbocycles. The molecule has 37 heavy (non-hydrogen) atoms. The largest absolute Gasteiger partial charge is 0.491 e. The van der Waals surface area contributed by atoms with Crippen LogP contribution in [0.3, 0.4) is 0 Å². The molecule has 2 heterocycles. The lowest BCUT2D eigenvalue weighted by Crippen LogP contribution is -2.40. The van der Waals surface area contributed by atoms with E-state index in [2.05, 4.69) is 10.3 Å². The number of amides is 1. The second kappa shape index (κ2) is 10.6. The highest BCUT2D eigenvalue weighted by Crippen LogP contribution is 2.25. The summed E-state index contributed by atoms with van der Waals surface area (Å²) in [7, 11) is 1.34. The number of fused-ring (bicyclic) bond motifs is 1. The first kappa shape index (κ1) is 24.1. The van der Waals surface area contributed by atoms with Crippen molar-refractivity contribution >= 4 is 34.7 Å². The van der Waals surface area contributed by atoms with Gasteiger partial charge in [-0.2, -0.15) is 4.98 Å². The summed E-state index contributed by atoms with van der Waals surface area (Å²) in [5, 5.41) is 3.21. The number of nitrogens with one attached hydrogen (secondary N) is 1. The number of para-hydroxylation sites is 1. The van der Waals surface area contributed by atoms with Gasteiger partial charge in [0.15, 0.2) is 5.58 Å². The number of hydrogen-bond acceptors (Lipinski definition) is 7. The lowest BCUT2D eigenvalue weighted by Gasteiger charge is -2.25. The van der Waals surface area contributed by atoms with Crippen LogP contribution in [0.1, 0.15) is 21.5 Å². The minimum absolute atomic E-state index is 0.00300. The van der Waals surface area contributed by atoms with Gasteiger partial charge in [0.1, 0.15) is 17.9 Å². The first-order valence-corrected chi connectivity index (χ1v) is 12.0. The third kappa shape index (κ3) is 5.48. The van der Waals surface area contributed by atoms with Gasteiger partial charge in [0.25, 0.3) is 6.01 Å². The molecule has 188 valence electrons. The monoisotopic (exact) mass is 497 g/mol. The van der Waals surface area contributed by atoms with Gasteiger partial charge in [0, 0.05) is 12.2 Å². The van der Waals surface area contributed by atoms with Gasteiger partial charge in [0.05, 0.1) is 25.1 Å². The number of carbonyl (C=O) groups is 2. The van der Waals surface area contributed by atoms with Crippen molar-refractivity contribution in [2.75, 3.05) is 25.6 Å². The molecular formula is C29H27N3O5. The Hall–Kier alpha value is -4.59. The Morgan fingerprint density at radius 1 is 1.11 bits per heavy atom. The number of methoxy groups -OCH3 is 1. The van der Waals surface area contributed by atoms with E-state index in [1.807, 2.05) is 61.5 Å². The van der Waals surface area contributed by atoms with Crippen LogP contribution in [0.2, 0.25) is 0 Å². The molecule has 1 aliphatic rings. The van der Waals surface area contributed by atoms with E-state index in [1.54, 1.807) is 29.2 Å². The Balaban J connectivity index is 1.20. The summed E-state index contributed by atoms with van der Waals surface area (Å²) in [6.45, 7) is 2.86. The van der Waals surface area contributed by atoms with Gasteiger partial charge in [-0.1, -0.05) is 36.4 Å². The standard InChI is InChI=1S/C29H27N3O5/c1-19-6-3-4-8-24(19)30-29-31-25-14-9-20(16-26(25)37-29)17-27(33)32-15-5-7-22(32)18-36-23-12-10-21(11-13-23)28(34)35-2/h3-14,16,22H,15,17-18H2,1-2H3,(H,30,31)/t22-/m0/s1. The Kier molecular flexibility index (Phi) is 6.89. The van der Waals surface area contributed by atoms with E-state index >= 15 is 0 Å². The van der Waals surface area contributed by atoms with Crippen molar-refractivity contribution in [3.63, 3.8) is 0 Å². The zero-order valence-electron chi connectivity index (χ0n) is 20.6. The first-order chi connectivity index (χ1) is 18.0. The predicted octanol–water partition coefficient (Wildman–Crippen LogP) is 5.05. The maximum absolute atomic E-state index is 13.1. The molecule has 0 spiro atoms. The fourth-order valence-electron chi connectivity index (χ4n) is 4.23. The van der Waals surface area contributed by atoms with Crippen molar-refractivity contribution < 1.29 is 23.5 Å². The molecule has 0 unspecified atom stereocenters. The number of hydrogen-bond donors (Lipinski definition) is 1. The minimum atomic E-state index is -0.399. The zero-order valence-corrected chi connectivity index (χ0v) is 20.6. The molecule has 1 amide bonds. The molecule has 0 saturated heterocycles. The minimum Gasteiger partial charge on any atom is -0.491 e. The maximum Gasteiger partial charge on any atom is 0.337 e. The fourth-order valence-corrected chi connectivity index (χ4v) is 4.23. The third-order valence-electron chi connectivity index (χ3n) is 6.27. The number of aryl methyl sites for hydroxylation is 1. The van der Waals surface area contributed by atoms with Crippen LogP contribution in [-0.4, -0.2) is 48.1 Å². The molecule has 3 aromatic carbocycles. The van der Waals surface area contributed by atoms with Crippen molar-refractivity contribution in [3.05, 3.63) is 95.6 Å². The summed E-state index contributed by atoms with van der Waals surface area (Å²) in [5.74, 6) is 0.215. The van der Waals surface area contributed by atoms with Crippen molar-refractivity contribution in [3.8, 4) is 5.75 Å². The lowest BCUT2D eigenvalue weighted by molar-refractivity contribution is -0.131. The Bertz CT molecular complexity index is 1460. The number of ether oxygens (including phenoxy) is 2. The maximum atomic E-state index is 13.1. The summed E-state index contributed by atoms with van der Waals surface area (Å²) in [6.07, 6.45) is 4.18. The third-order valence-corrected chi connectivity index (χ3v) is 6.27. The van der Waals surface area contributed by atoms with E-state index in [0.29, 0.717) is 36.1 Å². The summed E-state index contributed by atoms with van der Waals surface area (Å²) >= 11 is 0. The number of anilines is 2. The second-order valence-electron chi connectivity index (χ2n) is 8.81. The lowest BCUT2D eigenvalue weighted by atomic mass is 10.1. The summed E-state index contributed by atoms with van der Waals surface area (Å²) in [4.78, 5) is 31.0. The number of benzene rings is 3. The van der Waals surface area contributed by atoms with E-state index in [9.17, 15) is 9.59 Å². The van der Waals surface area contributed by atoms with Crippen LogP contribution in [0, 0.1) is 6.92 Å². The molecule has 0 fully saturated rings. The van der Waals surface area contributed by atoms with Crippen molar-refractivity contribution in [1.29, 1.82) is 0 Å². The molecule has 1 aromatic heterocycles. The highest BCUT2D eigenvalue weighted by molar-refractivity contribution is 5.89. The molecule has 1 aliphatic heterocycles. The average molecular weight is 498 g/mol. The normalized spacial score (nSPS) is 14.6. The molecular weight excluding hydrogens is 470 g/mol. The van der Waals surface area contributed by atoms with Crippen molar-refractivity contribution in [2.24, 2.45) is 0 Å². The van der Waals surface area contributed by atoms with E-state index in [1.165, 1.54) is 7.11 Å². The van der Waals surface area contributed by atoms with Crippen LogP contribution >= 0.6 is 0 Å². The Labute approximate surface area is 214 Å².